The molecule has 0 spiro atoms. The van der Waals surface area contributed by atoms with Crippen molar-refractivity contribution in [3.8, 4) is 0 Å². The molecule has 3 atom stereocenters. The van der Waals surface area contributed by atoms with Gasteiger partial charge in [0.05, 0.1) is 18.8 Å². The first-order chi connectivity index (χ1) is 6.91. The van der Waals surface area contributed by atoms with Gasteiger partial charge in [0.1, 0.15) is 0 Å². The molecule has 1 rings (SSSR count). The van der Waals surface area contributed by atoms with Crippen LogP contribution in [0.3, 0.4) is 0 Å². The summed E-state index contributed by atoms with van der Waals surface area (Å²) >= 11 is 0. The fourth-order valence-corrected chi connectivity index (χ4v) is 2.18. The van der Waals surface area contributed by atoms with Crippen LogP contribution in [0.25, 0.3) is 0 Å². The van der Waals surface area contributed by atoms with E-state index in [1.807, 2.05) is 6.92 Å². The van der Waals surface area contributed by atoms with Gasteiger partial charge in [-0.2, -0.15) is 0 Å². The molecule has 1 fully saturated rings. The van der Waals surface area contributed by atoms with Crippen molar-refractivity contribution in [1.29, 1.82) is 0 Å². The number of nitrogens with two attached hydrogens (primary N) is 1. The molecule has 3 unspecified atom stereocenters. The topological polar surface area (TPSA) is 44.5 Å². The van der Waals surface area contributed by atoms with Crippen LogP contribution >= 0.6 is 0 Å². The average Bonchev–Trinajstić information content (AvgIpc) is 2.53. The van der Waals surface area contributed by atoms with E-state index in [4.69, 9.17) is 15.2 Å². The number of rotatable bonds is 4. The summed E-state index contributed by atoms with van der Waals surface area (Å²) in [6.45, 7) is 10.1. The van der Waals surface area contributed by atoms with Crippen molar-refractivity contribution in [2.75, 3.05) is 13.2 Å². The van der Waals surface area contributed by atoms with Crippen molar-refractivity contribution in [3.63, 3.8) is 0 Å². The molecule has 90 valence electrons. The highest BCUT2D eigenvalue weighted by atomic mass is 16.5. The fraction of sp³-hybridized carbons (Fsp3) is 1.00. The minimum absolute atomic E-state index is 0.0615. The highest BCUT2D eigenvalue weighted by Crippen LogP contribution is 2.25. The van der Waals surface area contributed by atoms with Gasteiger partial charge in [0.25, 0.3) is 0 Å². The third-order valence-electron chi connectivity index (χ3n) is 2.82. The van der Waals surface area contributed by atoms with Gasteiger partial charge in [-0.25, -0.2) is 0 Å². The van der Waals surface area contributed by atoms with E-state index < -0.39 is 0 Å². The molecule has 15 heavy (non-hydrogen) atoms. The van der Waals surface area contributed by atoms with E-state index in [1.54, 1.807) is 0 Å². The summed E-state index contributed by atoms with van der Waals surface area (Å²) in [6, 6.07) is 0.0615. The van der Waals surface area contributed by atoms with Crippen LogP contribution in [-0.2, 0) is 9.47 Å². The minimum atomic E-state index is 0.0615. The zero-order valence-corrected chi connectivity index (χ0v) is 10.5. The monoisotopic (exact) mass is 215 g/mol. The van der Waals surface area contributed by atoms with Crippen molar-refractivity contribution >= 4 is 0 Å². The Kier molecular flexibility index (Phi) is 4.56. The van der Waals surface area contributed by atoms with Crippen molar-refractivity contribution < 1.29 is 9.47 Å². The molecule has 1 aliphatic heterocycles. The SMILES string of the molecule is CC(N)C(OCC1CCCO1)C(C)(C)C. The second-order valence-electron chi connectivity index (χ2n) is 5.61. The summed E-state index contributed by atoms with van der Waals surface area (Å²) < 4.78 is 11.4. The lowest BCUT2D eigenvalue weighted by Crippen LogP contribution is -2.44. The molecule has 0 aliphatic carbocycles. The normalized spacial score (nSPS) is 26.6. The minimum Gasteiger partial charge on any atom is -0.376 e. The highest BCUT2D eigenvalue weighted by molar-refractivity contribution is 4.82. The molecule has 3 heteroatoms. The molecule has 0 saturated carbocycles. The maximum atomic E-state index is 5.94. The Morgan fingerprint density at radius 2 is 2.13 bits per heavy atom. The quantitative estimate of drug-likeness (QED) is 0.779. The first-order valence-electron chi connectivity index (χ1n) is 5.90. The summed E-state index contributed by atoms with van der Waals surface area (Å²) in [5.41, 5.74) is 6.03. The maximum absolute atomic E-state index is 5.94. The van der Waals surface area contributed by atoms with Crippen LogP contribution in [0.4, 0.5) is 0 Å². The second-order valence-corrected chi connectivity index (χ2v) is 5.61. The lowest BCUT2D eigenvalue weighted by molar-refractivity contribution is -0.0691. The molecule has 0 aromatic carbocycles. The Labute approximate surface area is 93.3 Å². The Bertz CT molecular complexity index is 181. The van der Waals surface area contributed by atoms with Gasteiger partial charge in [0.2, 0.25) is 0 Å². The zero-order chi connectivity index (χ0) is 11.5. The third-order valence-corrected chi connectivity index (χ3v) is 2.82. The molecule has 1 heterocycles. The van der Waals surface area contributed by atoms with Gasteiger partial charge in [-0.1, -0.05) is 20.8 Å². The maximum Gasteiger partial charge on any atom is 0.0809 e. The van der Waals surface area contributed by atoms with Crippen LogP contribution in [0.1, 0.15) is 40.5 Å². The molecule has 0 aromatic rings. The van der Waals surface area contributed by atoms with Crippen LogP contribution in [0.2, 0.25) is 0 Å². The van der Waals surface area contributed by atoms with Crippen molar-refractivity contribution in [1.82, 2.24) is 0 Å². The number of ether oxygens (including phenoxy) is 2. The molecule has 2 N–H and O–H groups in total. The molecule has 1 saturated heterocycles. The van der Waals surface area contributed by atoms with Crippen LogP contribution in [0.5, 0.6) is 0 Å². The van der Waals surface area contributed by atoms with Gasteiger partial charge in [0.15, 0.2) is 0 Å². The van der Waals surface area contributed by atoms with E-state index in [2.05, 4.69) is 20.8 Å². The zero-order valence-electron chi connectivity index (χ0n) is 10.5. The van der Waals surface area contributed by atoms with Crippen molar-refractivity contribution in [2.45, 2.75) is 58.8 Å². The molecule has 1 aliphatic rings. The van der Waals surface area contributed by atoms with Crippen LogP contribution in [0.15, 0.2) is 0 Å². The van der Waals surface area contributed by atoms with E-state index in [-0.39, 0.29) is 23.7 Å². The largest absolute Gasteiger partial charge is 0.376 e. The van der Waals surface area contributed by atoms with Gasteiger partial charge >= 0.3 is 0 Å². The number of hydrogen-bond donors (Lipinski definition) is 1. The van der Waals surface area contributed by atoms with E-state index in [1.165, 1.54) is 0 Å². The molecule has 3 nitrogen and oxygen atoms in total. The first-order valence-corrected chi connectivity index (χ1v) is 5.90. The number of hydrogen-bond acceptors (Lipinski definition) is 3. The molecular formula is C12H25NO2. The lowest BCUT2D eigenvalue weighted by atomic mass is 9.85. The predicted octanol–water partition coefficient (Wildman–Crippen LogP) is 1.94. The Morgan fingerprint density at radius 3 is 2.53 bits per heavy atom. The Morgan fingerprint density at radius 1 is 1.47 bits per heavy atom. The Hall–Kier alpha value is -0.120. The van der Waals surface area contributed by atoms with E-state index in [0.717, 1.165) is 19.4 Å². The average molecular weight is 215 g/mol. The van der Waals surface area contributed by atoms with E-state index in [9.17, 15) is 0 Å². The third kappa shape index (κ3) is 4.09. The van der Waals surface area contributed by atoms with E-state index in [0.29, 0.717) is 6.61 Å². The lowest BCUT2D eigenvalue weighted by Gasteiger charge is -2.34. The van der Waals surface area contributed by atoms with Gasteiger partial charge in [0, 0.05) is 12.6 Å². The van der Waals surface area contributed by atoms with E-state index >= 15 is 0 Å². The second kappa shape index (κ2) is 5.28. The standard InChI is InChI=1S/C12H25NO2/c1-9(13)11(12(2,3)4)15-8-10-6-5-7-14-10/h9-11H,5-8,13H2,1-4H3. The van der Waals surface area contributed by atoms with Crippen LogP contribution in [-0.4, -0.2) is 31.5 Å². The summed E-state index contributed by atoms with van der Waals surface area (Å²) in [7, 11) is 0. The van der Waals surface area contributed by atoms with Crippen LogP contribution < -0.4 is 5.73 Å². The fourth-order valence-electron chi connectivity index (χ4n) is 2.18. The molecule has 0 radical (unpaired) electrons. The smallest absolute Gasteiger partial charge is 0.0809 e. The van der Waals surface area contributed by atoms with Gasteiger partial charge in [-0.3, -0.25) is 0 Å². The van der Waals surface area contributed by atoms with Gasteiger partial charge in [-0.15, -0.1) is 0 Å². The molecule has 0 aromatic heterocycles. The summed E-state index contributed by atoms with van der Waals surface area (Å²) in [6.07, 6.45) is 2.66. The summed E-state index contributed by atoms with van der Waals surface area (Å²) in [4.78, 5) is 0. The van der Waals surface area contributed by atoms with Crippen molar-refractivity contribution in [3.05, 3.63) is 0 Å². The van der Waals surface area contributed by atoms with Crippen LogP contribution in [0, 0.1) is 5.41 Å². The van der Waals surface area contributed by atoms with Gasteiger partial charge < -0.3 is 15.2 Å². The van der Waals surface area contributed by atoms with Gasteiger partial charge in [-0.05, 0) is 25.2 Å². The highest BCUT2D eigenvalue weighted by Gasteiger charge is 2.30. The molecule has 0 bridgehead atoms. The Balaban J connectivity index is 2.37. The predicted molar refractivity (Wildman–Crippen MR) is 61.8 cm³/mol. The summed E-state index contributed by atoms with van der Waals surface area (Å²) in [5, 5.41) is 0. The first kappa shape index (κ1) is 12.9. The molecule has 0 amide bonds. The summed E-state index contributed by atoms with van der Waals surface area (Å²) in [5.74, 6) is 0. The molecular weight excluding hydrogens is 190 g/mol. The van der Waals surface area contributed by atoms with Crippen molar-refractivity contribution in [2.24, 2.45) is 11.1 Å².